The Bertz CT molecular complexity index is 384. The van der Waals surface area contributed by atoms with E-state index in [0.29, 0.717) is 0 Å². The van der Waals surface area contributed by atoms with E-state index >= 15 is 0 Å². The number of carbonyl (C=O) groups is 1. The van der Waals surface area contributed by atoms with Crippen LogP contribution in [0.2, 0.25) is 0 Å². The van der Waals surface area contributed by atoms with Gasteiger partial charge in [0.05, 0.1) is 7.11 Å². The molecule has 5 heteroatoms. The number of hydrogen-bond donors (Lipinski definition) is 0. The van der Waals surface area contributed by atoms with Gasteiger partial charge < -0.3 is 4.74 Å². The van der Waals surface area contributed by atoms with Crippen molar-refractivity contribution in [1.29, 1.82) is 0 Å². The predicted octanol–water partition coefficient (Wildman–Crippen LogP) is 6.97. The number of ether oxygens (including phenoxy) is 1. The SMILES string of the molecule is COC(=O)[B@H-](Br)[P+](C1CCCCC1)(C1CCCCC1)C1CCCCC1. The highest BCUT2D eigenvalue weighted by atomic mass is 79.9. The minimum atomic E-state index is -1.36. The van der Waals surface area contributed by atoms with Crippen LogP contribution < -0.4 is 0 Å². The second-order valence-corrected chi connectivity index (χ2v) is 15.7. The topological polar surface area (TPSA) is 26.3 Å². The molecule has 0 N–H and O–H groups in total. The van der Waals surface area contributed by atoms with E-state index in [1.807, 2.05) is 0 Å². The van der Waals surface area contributed by atoms with Crippen LogP contribution in [-0.4, -0.2) is 35.2 Å². The summed E-state index contributed by atoms with van der Waals surface area (Å²) >= 11 is 4.09. The van der Waals surface area contributed by atoms with Crippen LogP contribution in [0, 0.1) is 0 Å². The molecule has 0 aromatic heterocycles. The van der Waals surface area contributed by atoms with E-state index in [2.05, 4.69) is 15.8 Å². The summed E-state index contributed by atoms with van der Waals surface area (Å²) in [4.78, 5) is 12.9. The van der Waals surface area contributed by atoms with E-state index in [1.54, 1.807) is 7.11 Å². The summed E-state index contributed by atoms with van der Waals surface area (Å²) in [6, 6.07) is 0. The van der Waals surface area contributed by atoms with Crippen molar-refractivity contribution in [2.45, 2.75) is 113 Å². The van der Waals surface area contributed by atoms with Gasteiger partial charge in [0.1, 0.15) is 0 Å². The second-order valence-electron chi connectivity index (χ2n) is 8.86. The van der Waals surface area contributed by atoms with Gasteiger partial charge in [-0.05, 0) is 77.0 Å². The van der Waals surface area contributed by atoms with Gasteiger partial charge in [0.15, 0.2) is 5.87 Å². The first-order valence-electron chi connectivity index (χ1n) is 11.0. The fourth-order valence-corrected chi connectivity index (χ4v) is 18.2. The van der Waals surface area contributed by atoms with Gasteiger partial charge >= 0.3 is 5.26 Å². The minimum Gasteiger partial charge on any atom is -0.498 e. The highest BCUT2D eigenvalue weighted by Gasteiger charge is 2.57. The maximum atomic E-state index is 12.9. The Hall–Kier alpha value is 0.445. The predicted molar refractivity (Wildman–Crippen MR) is 116 cm³/mol. The highest BCUT2D eigenvalue weighted by molar-refractivity contribution is 9.29. The summed E-state index contributed by atoms with van der Waals surface area (Å²) < 4.78 is 5.37. The van der Waals surface area contributed by atoms with E-state index in [4.69, 9.17) is 4.74 Å². The zero-order chi connectivity index (χ0) is 17.7. The van der Waals surface area contributed by atoms with Crippen molar-refractivity contribution in [3.05, 3.63) is 0 Å². The van der Waals surface area contributed by atoms with Gasteiger partial charge in [-0.3, -0.25) is 20.6 Å². The summed E-state index contributed by atoms with van der Waals surface area (Å²) in [5.74, 6) is 0.120. The summed E-state index contributed by atoms with van der Waals surface area (Å²) in [5.41, 5.74) is 2.56. The normalized spacial score (nSPS) is 26.3. The molecule has 3 aliphatic carbocycles. The Labute approximate surface area is 164 Å². The molecule has 3 saturated carbocycles. The zero-order valence-electron chi connectivity index (χ0n) is 16.2. The van der Waals surface area contributed by atoms with Crippen molar-refractivity contribution < 1.29 is 9.53 Å². The first-order chi connectivity index (χ1) is 12.2. The van der Waals surface area contributed by atoms with Gasteiger partial charge in [-0.15, -0.1) is 7.14 Å². The lowest BCUT2D eigenvalue weighted by atomic mass is 9.98. The molecule has 144 valence electrons. The van der Waals surface area contributed by atoms with Crippen molar-refractivity contribution in [1.82, 2.24) is 0 Å². The highest BCUT2D eigenvalue weighted by Crippen LogP contribution is 2.79. The molecule has 0 bridgehead atoms. The minimum absolute atomic E-state index is 0.120. The zero-order valence-corrected chi connectivity index (χ0v) is 18.7. The van der Waals surface area contributed by atoms with Gasteiger partial charge in [0.2, 0.25) is 0 Å². The molecule has 0 heterocycles. The molecule has 0 aromatic carbocycles. The number of hydrogen-bond acceptors (Lipinski definition) is 2. The molecular formula is C20H37BBrO2P. The lowest BCUT2D eigenvalue weighted by molar-refractivity contribution is 0.198. The van der Waals surface area contributed by atoms with E-state index < -0.39 is 12.4 Å². The second kappa shape index (κ2) is 9.58. The Kier molecular flexibility index (Phi) is 7.74. The molecule has 2 nitrogen and oxygen atoms in total. The van der Waals surface area contributed by atoms with Crippen molar-refractivity contribution in [3.8, 4) is 0 Å². The molecule has 3 rings (SSSR count). The Morgan fingerprint density at radius 1 is 0.760 bits per heavy atom. The van der Waals surface area contributed by atoms with Crippen LogP contribution >= 0.6 is 22.9 Å². The van der Waals surface area contributed by atoms with Crippen LogP contribution in [0.4, 0.5) is 4.79 Å². The molecule has 3 fully saturated rings. The standard InChI is InChI=1S/C20H37BBrO2P/c1-24-20(23)21(22)25(17-11-5-2-6-12-17,18-13-7-3-8-14-18)19-15-9-4-10-16-19/h17-19,21H,2-16H2,1H3/t21-/m1/s1. The Morgan fingerprint density at radius 2 is 1.08 bits per heavy atom. The third-order valence-corrected chi connectivity index (χ3v) is 17.6. The molecule has 1 atom stereocenters. The smallest absolute Gasteiger partial charge is 0.322 e. The van der Waals surface area contributed by atoms with Crippen LogP contribution in [0.15, 0.2) is 0 Å². The van der Waals surface area contributed by atoms with Crippen LogP contribution in [0.1, 0.15) is 96.3 Å². The fraction of sp³-hybridized carbons (Fsp3) is 0.950. The molecule has 0 unspecified atom stereocenters. The van der Waals surface area contributed by atoms with Gasteiger partial charge in [0, 0.05) is 17.0 Å². The van der Waals surface area contributed by atoms with Gasteiger partial charge in [-0.1, -0.05) is 19.3 Å². The van der Waals surface area contributed by atoms with Crippen molar-refractivity contribution in [2.24, 2.45) is 0 Å². The summed E-state index contributed by atoms with van der Waals surface area (Å²) in [6.07, 6.45) is 21.0. The van der Waals surface area contributed by atoms with Gasteiger partial charge in [-0.25, -0.2) is 0 Å². The maximum absolute atomic E-state index is 12.9. The summed E-state index contributed by atoms with van der Waals surface area (Å²) in [6.45, 7) is 0. The molecule has 25 heavy (non-hydrogen) atoms. The largest absolute Gasteiger partial charge is 0.498 e. The lowest BCUT2D eigenvalue weighted by Crippen LogP contribution is -2.44. The average Bonchev–Trinajstić information content (AvgIpc) is 2.70. The van der Waals surface area contributed by atoms with Crippen molar-refractivity contribution in [3.63, 3.8) is 0 Å². The number of halogens is 1. The van der Waals surface area contributed by atoms with Gasteiger partial charge in [-0.2, -0.15) is 0 Å². The number of methoxy groups -OCH3 is 1. The number of rotatable bonds is 5. The third-order valence-electron chi connectivity index (χ3n) is 7.71. The molecule has 0 saturated heterocycles. The van der Waals surface area contributed by atoms with Crippen LogP contribution in [0.25, 0.3) is 0 Å². The van der Waals surface area contributed by atoms with Crippen molar-refractivity contribution in [2.75, 3.05) is 7.11 Å². The molecule has 0 spiro atoms. The quantitative estimate of drug-likeness (QED) is 0.347. The maximum Gasteiger partial charge on any atom is 0.322 e. The molecule has 0 amide bonds. The van der Waals surface area contributed by atoms with E-state index in [1.165, 1.54) is 96.3 Å². The monoisotopic (exact) mass is 430 g/mol. The molecule has 3 aliphatic rings. The fourth-order valence-electron chi connectivity index (χ4n) is 6.60. The van der Waals surface area contributed by atoms with E-state index in [-0.39, 0.29) is 5.87 Å². The Balaban J connectivity index is 2.01. The van der Waals surface area contributed by atoms with Crippen LogP contribution in [-0.2, 0) is 4.74 Å². The van der Waals surface area contributed by atoms with E-state index in [9.17, 15) is 4.79 Å². The number of carbonyl (C=O) groups excluding carboxylic acids is 1. The van der Waals surface area contributed by atoms with Crippen LogP contribution in [0.3, 0.4) is 0 Å². The molecule has 0 aromatic rings. The Morgan fingerprint density at radius 3 is 1.36 bits per heavy atom. The lowest BCUT2D eigenvalue weighted by Gasteiger charge is -2.56. The van der Waals surface area contributed by atoms with Crippen molar-refractivity contribution >= 4 is 34.0 Å². The molecule has 0 aliphatic heterocycles. The third kappa shape index (κ3) is 4.15. The van der Waals surface area contributed by atoms with E-state index in [0.717, 1.165) is 17.0 Å². The van der Waals surface area contributed by atoms with Gasteiger partial charge in [0.25, 0.3) is 0 Å². The molecular weight excluding hydrogens is 394 g/mol. The first-order valence-corrected chi connectivity index (χ1v) is 14.3. The average molecular weight is 431 g/mol. The molecule has 0 radical (unpaired) electrons. The van der Waals surface area contributed by atoms with Crippen LogP contribution in [0.5, 0.6) is 0 Å². The summed E-state index contributed by atoms with van der Waals surface area (Å²) in [5, 5.41) is -1.02. The summed E-state index contributed by atoms with van der Waals surface area (Å²) in [7, 11) is 0.251. The first kappa shape index (κ1) is 20.2.